The zero-order valence-corrected chi connectivity index (χ0v) is 24.5. The maximum Gasteiger partial charge on any atom is 0.410 e. The van der Waals surface area contributed by atoms with E-state index in [0.29, 0.717) is 45.1 Å². The minimum Gasteiger partial charge on any atom is -0.478 e. The van der Waals surface area contributed by atoms with Crippen LogP contribution in [0.4, 0.5) is 10.5 Å². The summed E-state index contributed by atoms with van der Waals surface area (Å²) in [7, 11) is 0. The smallest absolute Gasteiger partial charge is 0.410 e. The number of hydrogen-bond acceptors (Lipinski definition) is 7. The number of esters is 1. The van der Waals surface area contributed by atoms with Gasteiger partial charge < -0.3 is 28.9 Å². The van der Waals surface area contributed by atoms with Crippen molar-refractivity contribution in [3.05, 3.63) is 24.3 Å². The summed E-state index contributed by atoms with van der Waals surface area (Å²) >= 11 is 0. The van der Waals surface area contributed by atoms with E-state index in [0.717, 1.165) is 37.9 Å². The first-order valence-corrected chi connectivity index (χ1v) is 14.3. The van der Waals surface area contributed by atoms with Gasteiger partial charge >= 0.3 is 12.1 Å². The molecule has 1 spiro atoms. The van der Waals surface area contributed by atoms with Gasteiger partial charge in [0.1, 0.15) is 11.4 Å². The highest BCUT2D eigenvalue weighted by Gasteiger charge is 2.50. The lowest BCUT2D eigenvalue weighted by Crippen LogP contribution is -2.65. The molecule has 9 heteroatoms. The summed E-state index contributed by atoms with van der Waals surface area (Å²) in [5.74, 6) is 0.332. The van der Waals surface area contributed by atoms with E-state index in [1.165, 1.54) is 0 Å². The Morgan fingerprint density at radius 2 is 1.69 bits per heavy atom. The van der Waals surface area contributed by atoms with E-state index in [2.05, 4.69) is 4.90 Å². The molecule has 3 fully saturated rings. The second kappa shape index (κ2) is 11.3. The fraction of sp³-hybridized carbons (Fsp3) is 0.700. The maximum atomic E-state index is 13.4. The van der Waals surface area contributed by atoms with Crippen molar-refractivity contribution in [2.75, 3.05) is 50.8 Å². The third kappa shape index (κ3) is 6.97. The van der Waals surface area contributed by atoms with Crippen LogP contribution in [0.2, 0.25) is 0 Å². The number of likely N-dealkylation sites (tertiary alicyclic amines) is 2. The second-order valence-electron chi connectivity index (χ2n) is 12.8. The molecule has 0 N–H and O–H groups in total. The van der Waals surface area contributed by atoms with Gasteiger partial charge in [-0.3, -0.25) is 9.59 Å². The summed E-state index contributed by atoms with van der Waals surface area (Å²) < 4.78 is 17.0. The fourth-order valence-corrected chi connectivity index (χ4v) is 5.84. The molecule has 9 nitrogen and oxygen atoms in total. The fourth-order valence-electron chi connectivity index (χ4n) is 5.84. The third-order valence-electron chi connectivity index (χ3n) is 7.93. The average molecular weight is 544 g/mol. The number of amides is 2. The van der Waals surface area contributed by atoms with E-state index in [-0.39, 0.29) is 29.3 Å². The van der Waals surface area contributed by atoms with Crippen molar-refractivity contribution in [3.63, 3.8) is 0 Å². The van der Waals surface area contributed by atoms with Gasteiger partial charge in [-0.15, -0.1) is 0 Å². The van der Waals surface area contributed by atoms with Crippen molar-refractivity contribution >= 4 is 23.7 Å². The molecular formula is C30H45N3O6. The van der Waals surface area contributed by atoms with Gasteiger partial charge in [-0.1, -0.05) is 6.07 Å². The molecule has 4 rings (SSSR count). The monoisotopic (exact) mass is 543 g/mol. The van der Waals surface area contributed by atoms with Crippen molar-refractivity contribution in [1.29, 1.82) is 0 Å². The van der Waals surface area contributed by atoms with Crippen LogP contribution in [-0.2, 0) is 19.1 Å². The van der Waals surface area contributed by atoms with Gasteiger partial charge in [-0.05, 0) is 79.4 Å². The molecule has 216 valence electrons. The maximum absolute atomic E-state index is 13.4. The largest absolute Gasteiger partial charge is 0.478 e. The van der Waals surface area contributed by atoms with Gasteiger partial charge in [-0.25, -0.2) is 4.79 Å². The Morgan fingerprint density at radius 1 is 1.00 bits per heavy atom. The topological polar surface area (TPSA) is 88.6 Å². The van der Waals surface area contributed by atoms with Crippen LogP contribution >= 0.6 is 0 Å². The van der Waals surface area contributed by atoms with Crippen molar-refractivity contribution in [1.82, 2.24) is 9.80 Å². The van der Waals surface area contributed by atoms with Crippen LogP contribution < -0.4 is 9.64 Å². The molecule has 0 saturated carbocycles. The summed E-state index contributed by atoms with van der Waals surface area (Å²) in [6, 6.07) is 7.76. The second-order valence-corrected chi connectivity index (χ2v) is 12.8. The van der Waals surface area contributed by atoms with Crippen LogP contribution in [-0.4, -0.2) is 84.8 Å². The molecule has 0 unspecified atom stereocenters. The molecular weight excluding hydrogens is 498 g/mol. The SMILES string of the molecule is CCOC(=O)[C@@H]1CCCN(c2cccc(OC(C)(C)C(=O)N3CC4(CCN(C(=O)OC(C)(C)C)CC4)C3)c2)C1. The van der Waals surface area contributed by atoms with Crippen LogP contribution in [0.1, 0.15) is 67.2 Å². The van der Waals surface area contributed by atoms with E-state index in [1.54, 1.807) is 4.90 Å². The minimum atomic E-state index is -1.02. The van der Waals surface area contributed by atoms with E-state index in [9.17, 15) is 14.4 Å². The molecule has 0 bridgehead atoms. The Labute approximate surface area is 232 Å². The molecule has 1 aromatic carbocycles. The molecule has 1 aromatic rings. The standard InChI is InChI=1S/C30H45N3O6/c1-7-37-25(34)22-10-9-15-32(19-22)23-11-8-12-24(18-23)38-29(5,6)26(35)33-20-30(21-33)13-16-31(17-14-30)27(36)39-28(2,3)4/h8,11-12,18,22H,7,9-10,13-17,19-21H2,1-6H3/t22-/m1/s1. The number of nitrogens with zero attached hydrogens (tertiary/aromatic N) is 3. The Bertz CT molecular complexity index is 1050. The lowest BCUT2D eigenvalue weighted by atomic mass is 9.71. The molecule has 3 saturated heterocycles. The number of carbonyl (C=O) groups is 3. The third-order valence-corrected chi connectivity index (χ3v) is 7.93. The van der Waals surface area contributed by atoms with Gasteiger partial charge in [0.05, 0.1) is 12.5 Å². The molecule has 2 amide bonds. The number of hydrogen-bond donors (Lipinski definition) is 0. The van der Waals surface area contributed by atoms with E-state index < -0.39 is 11.2 Å². The predicted octanol–water partition coefficient (Wildman–Crippen LogP) is 4.48. The lowest BCUT2D eigenvalue weighted by Gasteiger charge is -2.55. The van der Waals surface area contributed by atoms with Crippen LogP contribution in [0.5, 0.6) is 5.75 Å². The van der Waals surface area contributed by atoms with Crippen molar-refractivity contribution < 1.29 is 28.6 Å². The Kier molecular flexibility index (Phi) is 8.38. The van der Waals surface area contributed by atoms with Gasteiger partial charge in [0, 0.05) is 56.4 Å². The average Bonchev–Trinajstić information content (AvgIpc) is 2.86. The van der Waals surface area contributed by atoms with E-state index in [4.69, 9.17) is 14.2 Å². The number of ether oxygens (including phenoxy) is 3. The highest BCUT2D eigenvalue weighted by atomic mass is 16.6. The van der Waals surface area contributed by atoms with Crippen LogP contribution in [0.25, 0.3) is 0 Å². The predicted molar refractivity (Wildman–Crippen MR) is 149 cm³/mol. The number of piperidine rings is 2. The summed E-state index contributed by atoms with van der Waals surface area (Å²) in [6.07, 6.45) is 3.22. The number of anilines is 1. The summed E-state index contributed by atoms with van der Waals surface area (Å²) in [4.78, 5) is 43.9. The van der Waals surface area contributed by atoms with Gasteiger partial charge in [-0.2, -0.15) is 0 Å². The molecule has 3 aliphatic heterocycles. The van der Waals surface area contributed by atoms with Gasteiger partial charge in [0.25, 0.3) is 5.91 Å². The Hall–Kier alpha value is -2.97. The molecule has 39 heavy (non-hydrogen) atoms. The summed E-state index contributed by atoms with van der Waals surface area (Å²) in [5.41, 5.74) is -0.485. The van der Waals surface area contributed by atoms with Crippen LogP contribution in [0, 0.1) is 11.3 Å². The van der Waals surface area contributed by atoms with Gasteiger partial charge in [0.2, 0.25) is 0 Å². The van der Waals surface area contributed by atoms with E-state index in [1.807, 2.05) is 70.7 Å². The zero-order chi connectivity index (χ0) is 28.4. The first-order valence-electron chi connectivity index (χ1n) is 14.3. The normalized spacial score (nSPS) is 21.3. The number of carbonyl (C=O) groups excluding carboxylic acids is 3. The number of rotatable bonds is 6. The lowest BCUT2D eigenvalue weighted by molar-refractivity contribution is -0.161. The summed E-state index contributed by atoms with van der Waals surface area (Å²) in [6.45, 7) is 15.6. The van der Waals surface area contributed by atoms with E-state index >= 15 is 0 Å². The van der Waals surface area contributed by atoms with Crippen molar-refractivity contribution in [3.8, 4) is 5.75 Å². The zero-order valence-electron chi connectivity index (χ0n) is 24.5. The number of benzene rings is 1. The Balaban J connectivity index is 1.30. The first kappa shape index (κ1) is 29.0. The molecule has 3 aliphatic rings. The van der Waals surface area contributed by atoms with Crippen molar-refractivity contribution in [2.24, 2.45) is 11.3 Å². The van der Waals surface area contributed by atoms with Crippen molar-refractivity contribution in [2.45, 2.75) is 78.4 Å². The highest BCUT2D eigenvalue weighted by molar-refractivity contribution is 5.85. The van der Waals surface area contributed by atoms with Crippen LogP contribution in [0.15, 0.2) is 24.3 Å². The molecule has 3 heterocycles. The molecule has 0 radical (unpaired) electrons. The molecule has 1 atom stereocenters. The summed E-state index contributed by atoms with van der Waals surface area (Å²) in [5, 5.41) is 0. The quantitative estimate of drug-likeness (QED) is 0.489. The Morgan fingerprint density at radius 3 is 2.33 bits per heavy atom. The van der Waals surface area contributed by atoms with Gasteiger partial charge in [0.15, 0.2) is 5.60 Å². The highest BCUT2D eigenvalue weighted by Crippen LogP contribution is 2.42. The molecule has 0 aromatic heterocycles. The van der Waals surface area contributed by atoms with Crippen LogP contribution in [0.3, 0.4) is 0 Å². The first-order chi connectivity index (χ1) is 18.3. The minimum absolute atomic E-state index is 0.0338. The molecule has 0 aliphatic carbocycles.